The van der Waals surface area contributed by atoms with Gasteiger partial charge in [0.25, 0.3) is 0 Å². The van der Waals surface area contributed by atoms with Crippen molar-refractivity contribution in [3.8, 4) is 0 Å². The second-order valence-electron chi connectivity index (χ2n) is 3.85. The predicted molar refractivity (Wildman–Crippen MR) is 49.0 cm³/mol. The molecule has 0 unspecified atom stereocenters. The molecule has 1 saturated heterocycles. The summed E-state index contributed by atoms with van der Waals surface area (Å²) in [7, 11) is 0. The maximum Gasteiger partial charge on any atom is 0.0739 e. The molecule has 0 radical (unpaired) electrons. The molecular formula is C10H17NO. The number of piperidine rings is 1. The number of nitrogens with zero attached hydrogens (tertiary/aromatic N) is 1. The quantitative estimate of drug-likeness (QED) is 0.592. The summed E-state index contributed by atoms with van der Waals surface area (Å²) < 4.78 is 0. The lowest BCUT2D eigenvalue weighted by molar-refractivity contribution is 0.147. The Labute approximate surface area is 73.9 Å². The first kappa shape index (κ1) is 8.27. The van der Waals surface area contributed by atoms with Gasteiger partial charge in [-0.3, -0.25) is 4.90 Å². The average Bonchev–Trinajstić information content (AvgIpc) is 2.54. The Bertz CT molecular complexity index is 173. The number of rotatable bonds is 1. The summed E-state index contributed by atoms with van der Waals surface area (Å²) in [6, 6.07) is 0.528. The highest BCUT2D eigenvalue weighted by Gasteiger charge is 2.23. The first-order chi connectivity index (χ1) is 5.86. The van der Waals surface area contributed by atoms with Crippen LogP contribution in [0.4, 0.5) is 0 Å². The van der Waals surface area contributed by atoms with Crippen molar-refractivity contribution in [3.05, 3.63) is 12.2 Å². The summed E-state index contributed by atoms with van der Waals surface area (Å²) in [4.78, 5) is 2.50. The molecule has 0 aromatic carbocycles. The first-order valence-corrected chi connectivity index (χ1v) is 4.97. The molecule has 1 aliphatic heterocycles. The zero-order valence-electron chi connectivity index (χ0n) is 7.45. The third-order valence-electron chi connectivity index (χ3n) is 2.90. The monoisotopic (exact) mass is 167 g/mol. The van der Waals surface area contributed by atoms with E-state index in [1.807, 2.05) is 6.08 Å². The summed E-state index contributed by atoms with van der Waals surface area (Å²) >= 11 is 0. The van der Waals surface area contributed by atoms with Gasteiger partial charge in [-0.15, -0.1) is 0 Å². The van der Waals surface area contributed by atoms with Crippen LogP contribution in [0.3, 0.4) is 0 Å². The van der Waals surface area contributed by atoms with Crippen LogP contribution in [0.5, 0.6) is 0 Å². The number of likely N-dealkylation sites (tertiary alicyclic amines) is 1. The highest BCUT2D eigenvalue weighted by Crippen LogP contribution is 2.20. The topological polar surface area (TPSA) is 23.5 Å². The van der Waals surface area contributed by atoms with Gasteiger partial charge in [-0.05, 0) is 32.4 Å². The minimum absolute atomic E-state index is 0.183. The number of hydrogen-bond donors (Lipinski definition) is 1. The van der Waals surface area contributed by atoms with Crippen molar-refractivity contribution in [2.45, 2.75) is 37.8 Å². The SMILES string of the molecule is O[C@H]1C=C[C@@H](N2CCCCC2)C1. The van der Waals surface area contributed by atoms with E-state index in [9.17, 15) is 5.11 Å². The Morgan fingerprint density at radius 3 is 2.42 bits per heavy atom. The molecule has 1 N–H and O–H groups in total. The Morgan fingerprint density at radius 1 is 1.08 bits per heavy atom. The molecule has 1 aliphatic carbocycles. The third-order valence-corrected chi connectivity index (χ3v) is 2.90. The van der Waals surface area contributed by atoms with Crippen LogP contribution < -0.4 is 0 Å². The minimum Gasteiger partial charge on any atom is -0.389 e. The highest BCUT2D eigenvalue weighted by atomic mass is 16.3. The molecule has 2 aliphatic rings. The van der Waals surface area contributed by atoms with Crippen LogP contribution in [0.1, 0.15) is 25.7 Å². The molecule has 1 heterocycles. The standard InChI is InChI=1S/C10H17NO/c12-10-5-4-9(8-10)11-6-2-1-3-7-11/h4-5,9-10,12H,1-3,6-8H2/t9-,10+/m1/s1. The van der Waals surface area contributed by atoms with Gasteiger partial charge in [-0.25, -0.2) is 0 Å². The van der Waals surface area contributed by atoms with Gasteiger partial charge in [0.15, 0.2) is 0 Å². The van der Waals surface area contributed by atoms with Gasteiger partial charge in [-0.1, -0.05) is 18.6 Å². The normalized spacial score (nSPS) is 37.4. The smallest absolute Gasteiger partial charge is 0.0739 e. The largest absolute Gasteiger partial charge is 0.389 e. The van der Waals surface area contributed by atoms with Crippen LogP contribution in [-0.4, -0.2) is 35.2 Å². The maximum absolute atomic E-state index is 9.32. The lowest BCUT2D eigenvalue weighted by atomic mass is 10.1. The first-order valence-electron chi connectivity index (χ1n) is 4.97. The fourth-order valence-corrected chi connectivity index (χ4v) is 2.18. The van der Waals surface area contributed by atoms with Crippen molar-refractivity contribution >= 4 is 0 Å². The molecule has 2 atom stereocenters. The molecule has 0 saturated carbocycles. The van der Waals surface area contributed by atoms with E-state index < -0.39 is 0 Å². The van der Waals surface area contributed by atoms with Gasteiger partial charge in [0, 0.05) is 6.04 Å². The second kappa shape index (κ2) is 3.58. The van der Waals surface area contributed by atoms with Gasteiger partial charge in [0.05, 0.1) is 6.10 Å². The van der Waals surface area contributed by atoms with Gasteiger partial charge in [-0.2, -0.15) is 0 Å². The Hall–Kier alpha value is -0.340. The Morgan fingerprint density at radius 2 is 1.83 bits per heavy atom. The van der Waals surface area contributed by atoms with E-state index in [1.165, 1.54) is 32.4 Å². The van der Waals surface area contributed by atoms with Crippen molar-refractivity contribution in [3.63, 3.8) is 0 Å². The second-order valence-corrected chi connectivity index (χ2v) is 3.85. The fraction of sp³-hybridized carbons (Fsp3) is 0.800. The van der Waals surface area contributed by atoms with Gasteiger partial charge in [0.1, 0.15) is 0 Å². The van der Waals surface area contributed by atoms with E-state index in [0.717, 1.165) is 6.42 Å². The van der Waals surface area contributed by atoms with Crippen molar-refractivity contribution in [1.29, 1.82) is 0 Å². The summed E-state index contributed by atoms with van der Waals surface area (Å²) in [5.74, 6) is 0. The molecule has 0 amide bonds. The van der Waals surface area contributed by atoms with Gasteiger partial charge in [0.2, 0.25) is 0 Å². The molecule has 0 aromatic rings. The molecule has 2 rings (SSSR count). The van der Waals surface area contributed by atoms with E-state index in [4.69, 9.17) is 0 Å². The molecule has 2 nitrogen and oxygen atoms in total. The van der Waals surface area contributed by atoms with Crippen molar-refractivity contribution in [1.82, 2.24) is 4.90 Å². The number of aliphatic hydroxyl groups excluding tert-OH is 1. The molecule has 68 valence electrons. The maximum atomic E-state index is 9.32. The third kappa shape index (κ3) is 1.70. The van der Waals surface area contributed by atoms with Gasteiger partial charge < -0.3 is 5.11 Å². The van der Waals surface area contributed by atoms with E-state index in [0.29, 0.717) is 6.04 Å². The van der Waals surface area contributed by atoms with Gasteiger partial charge >= 0.3 is 0 Å². The van der Waals surface area contributed by atoms with Crippen LogP contribution in [0, 0.1) is 0 Å². The molecule has 0 aromatic heterocycles. The minimum atomic E-state index is -0.183. The average molecular weight is 167 g/mol. The van der Waals surface area contributed by atoms with Crippen LogP contribution in [0.15, 0.2) is 12.2 Å². The van der Waals surface area contributed by atoms with E-state index in [1.54, 1.807) is 0 Å². The summed E-state index contributed by atoms with van der Waals surface area (Å²) in [5, 5.41) is 9.32. The molecule has 1 fully saturated rings. The summed E-state index contributed by atoms with van der Waals surface area (Å²) in [5.41, 5.74) is 0. The van der Waals surface area contributed by atoms with E-state index in [-0.39, 0.29) is 6.10 Å². The van der Waals surface area contributed by atoms with E-state index >= 15 is 0 Å². The summed E-state index contributed by atoms with van der Waals surface area (Å²) in [6.07, 6.45) is 8.88. The van der Waals surface area contributed by atoms with Crippen LogP contribution >= 0.6 is 0 Å². The summed E-state index contributed by atoms with van der Waals surface area (Å²) in [6.45, 7) is 2.45. The Balaban J connectivity index is 1.87. The molecule has 0 bridgehead atoms. The molecular weight excluding hydrogens is 150 g/mol. The van der Waals surface area contributed by atoms with Crippen LogP contribution in [-0.2, 0) is 0 Å². The zero-order valence-corrected chi connectivity index (χ0v) is 7.45. The van der Waals surface area contributed by atoms with Crippen molar-refractivity contribution in [2.24, 2.45) is 0 Å². The van der Waals surface area contributed by atoms with E-state index in [2.05, 4.69) is 11.0 Å². The highest BCUT2D eigenvalue weighted by molar-refractivity contribution is 5.07. The van der Waals surface area contributed by atoms with Crippen LogP contribution in [0.25, 0.3) is 0 Å². The van der Waals surface area contributed by atoms with Crippen molar-refractivity contribution in [2.75, 3.05) is 13.1 Å². The number of hydrogen-bond acceptors (Lipinski definition) is 2. The Kier molecular flexibility index (Phi) is 2.47. The van der Waals surface area contributed by atoms with Crippen LogP contribution in [0.2, 0.25) is 0 Å². The molecule has 0 spiro atoms. The molecule has 12 heavy (non-hydrogen) atoms. The molecule has 2 heteroatoms. The fourth-order valence-electron chi connectivity index (χ4n) is 2.18. The predicted octanol–water partition coefficient (Wildman–Crippen LogP) is 1.16. The lowest BCUT2D eigenvalue weighted by Gasteiger charge is -2.31. The lowest BCUT2D eigenvalue weighted by Crippen LogP contribution is -2.37. The zero-order chi connectivity index (χ0) is 8.39. The number of aliphatic hydroxyl groups is 1. The van der Waals surface area contributed by atoms with Crippen molar-refractivity contribution < 1.29 is 5.11 Å².